The average molecular weight is 336 g/mol. The third-order valence-corrected chi connectivity index (χ3v) is 6.22. The van der Waals surface area contributed by atoms with Gasteiger partial charge in [0.05, 0.1) is 0 Å². The Bertz CT molecular complexity index is 397. The van der Waals surface area contributed by atoms with E-state index in [-0.39, 0.29) is 0 Å². The predicted molar refractivity (Wildman–Crippen MR) is 102 cm³/mol. The number of guanidine groups is 1. The van der Waals surface area contributed by atoms with Crippen molar-refractivity contribution >= 4 is 5.96 Å². The molecule has 1 saturated carbocycles. The summed E-state index contributed by atoms with van der Waals surface area (Å²) < 4.78 is 0. The first-order chi connectivity index (χ1) is 11.7. The summed E-state index contributed by atoms with van der Waals surface area (Å²) in [6.45, 7) is 6.03. The number of hydrogen-bond donors (Lipinski definition) is 2. The average Bonchev–Trinajstić information content (AvgIpc) is 3.14. The highest BCUT2D eigenvalue weighted by atomic mass is 15.2. The summed E-state index contributed by atoms with van der Waals surface area (Å²) in [7, 11) is 4.13. The van der Waals surface area contributed by atoms with E-state index in [1.54, 1.807) is 0 Å². The highest BCUT2D eigenvalue weighted by Crippen LogP contribution is 2.26. The van der Waals surface area contributed by atoms with E-state index in [0.717, 1.165) is 24.5 Å². The number of rotatable bonds is 4. The zero-order valence-corrected chi connectivity index (χ0v) is 15.8. The number of aliphatic imine (C=N–C) groups is 1. The first kappa shape index (κ1) is 18.0. The maximum atomic E-state index is 4.45. The first-order valence-corrected chi connectivity index (χ1v) is 10.1. The molecule has 2 N–H and O–H groups in total. The lowest BCUT2D eigenvalue weighted by Crippen LogP contribution is -2.51. The van der Waals surface area contributed by atoms with Crippen molar-refractivity contribution in [3.05, 3.63) is 0 Å². The summed E-state index contributed by atoms with van der Waals surface area (Å²) in [5.41, 5.74) is 0. The third kappa shape index (κ3) is 5.09. The monoisotopic (exact) mass is 335 g/mol. The van der Waals surface area contributed by atoms with Gasteiger partial charge in [-0.05, 0) is 58.0 Å². The molecular weight excluding hydrogens is 298 g/mol. The van der Waals surface area contributed by atoms with Gasteiger partial charge in [0, 0.05) is 45.3 Å². The van der Waals surface area contributed by atoms with E-state index in [0.29, 0.717) is 6.04 Å². The van der Waals surface area contributed by atoms with Crippen LogP contribution in [0, 0.1) is 5.92 Å². The van der Waals surface area contributed by atoms with Gasteiger partial charge >= 0.3 is 0 Å². The van der Waals surface area contributed by atoms with Crippen molar-refractivity contribution in [2.45, 2.75) is 63.5 Å². The van der Waals surface area contributed by atoms with Crippen LogP contribution < -0.4 is 10.6 Å². The molecular formula is C19H37N5. The fourth-order valence-electron chi connectivity index (χ4n) is 4.75. The minimum absolute atomic E-state index is 0.586. The van der Waals surface area contributed by atoms with Crippen LogP contribution in [0.15, 0.2) is 4.99 Å². The van der Waals surface area contributed by atoms with Crippen LogP contribution >= 0.6 is 0 Å². The molecule has 0 radical (unpaired) electrons. The summed E-state index contributed by atoms with van der Waals surface area (Å²) >= 11 is 0. The Morgan fingerprint density at radius 1 is 1.00 bits per heavy atom. The molecule has 5 nitrogen and oxygen atoms in total. The molecule has 3 aliphatic rings. The molecule has 1 aliphatic carbocycles. The number of hydrogen-bond acceptors (Lipinski definition) is 3. The van der Waals surface area contributed by atoms with Crippen LogP contribution in [0.5, 0.6) is 0 Å². The van der Waals surface area contributed by atoms with Gasteiger partial charge < -0.3 is 20.4 Å². The Labute approximate surface area is 148 Å². The molecule has 0 spiro atoms. The van der Waals surface area contributed by atoms with Crippen molar-refractivity contribution in [2.75, 3.05) is 46.8 Å². The molecule has 0 aromatic carbocycles. The second-order valence-corrected chi connectivity index (χ2v) is 8.12. The number of piperidine rings is 2. The molecule has 138 valence electrons. The van der Waals surface area contributed by atoms with Crippen molar-refractivity contribution in [1.82, 2.24) is 20.4 Å². The highest BCUT2D eigenvalue weighted by Gasteiger charge is 2.27. The molecule has 1 unspecified atom stereocenters. The molecule has 0 bridgehead atoms. The molecule has 3 fully saturated rings. The lowest BCUT2D eigenvalue weighted by atomic mass is 9.98. The van der Waals surface area contributed by atoms with Crippen molar-refractivity contribution in [3.8, 4) is 0 Å². The van der Waals surface area contributed by atoms with E-state index in [1.165, 1.54) is 77.5 Å². The second kappa shape index (κ2) is 9.04. The van der Waals surface area contributed by atoms with Gasteiger partial charge in [-0.25, -0.2) is 0 Å². The summed E-state index contributed by atoms with van der Waals surface area (Å²) in [4.78, 5) is 9.63. The van der Waals surface area contributed by atoms with Gasteiger partial charge in [-0.1, -0.05) is 12.8 Å². The van der Waals surface area contributed by atoms with Gasteiger partial charge in [-0.3, -0.25) is 4.99 Å². The normalized spacial score (nSPS) is 29.1. The number of nitrogens with zero attached hydrogens (tertiary/aromatic N) is 3. The third-order valence-electron chi connectivity index (χ3n) is 6.22. The van der Waals surface area contributed by atoms with Gasteiger partial charge in [0.15, 0.2) is 5.96 Å². The summed E-state index contributed by atoms with van der Waals surface area (Å²) in [6, 6.07) is 1.47. The fourth-order valence-corrected chi connectivity index (χ4v) is 4.75. The van der Waals surface area contributed by atoms with Gasteiger partial charge in [-0.2, -0.15) is 0 Å². The van der Waals surface area contributed by atoms with Crippen LogP contribution in [-0.4, -0.2) is 74.7 Å². The fraction of sp³-hybridized carbons (Fsp3) is 0.947. The van der Waals surface area contributed by atoms with Crippen LogP contribution in [0.3, 0.4) is 0 Å². The molecule has 2 saturated heterocycles. The standard InChI is InChI=1S/C19H37N5/c1-20-19(21-14-16-6-5-11-23(2)15-16)22-17-9-12-24(13-10-17)18-7-3-4-8-18/h16-18H,3-15H2,1-2H3,(H2,20,21,22). The van der Waals surface area contributed by atoms with Crippen LogP contribution in [0.1, 0.15) is 51.4 Å². The Morgan fingerprint density at radius 2 is 1.75 bits per heavy atom. The van der Waals surface area contributed by atoms with Gasteiger partial charge in [0.1, 0.15) is 0 Å². The largest absolute Gasteiger partial charge is 0.356 e. The highest BCUT2D eigenvalue weighted by molar-refractivity contribution is 5.79. The van der Waals surface area contributed by atoms with Crippen molar-refractivity contribution in [1.29, 1.82) is 0 Å². The van der Waals surface area contributed by atoms with Crippen LogP contribution in [0.4, 0.5) is 0 Å². The van der Waals surface area contributed by atoms with E-state index < -0.39 is 0 Å². The van der Waals surface area contributed by atoms with E-state index in [4.69, 9.17) is 0 Å². The number of likely N-dealkylation sites (tertiary alicyclic amines) is 2. The minimum atomic E-state index is 0.586. The molecule has 0 aromatic heterocycles. The Balaban J connectivity index is 1.36. The van der Waals surface area contributed by atoms with E-state index in [2.05, 4.69) is 32.5 Å². The smallest absolute Gasteiger partial charge is 0.191 e. The zero-order chi connectivity index (χ0) is 16.8. The second-order valence-electron chi connectivity index (χ2n) is 8.12. The molecule has 1 atom stereocenters. The zero-order valence-electron chi connectivity index (χ0n) is 15.8. The molecule has 5 heteroatoms. The summed E-state index contributed by atoms with van der Waals surface area (Å²) in [5, 5.41) is 7.24. The van der Waals surface area contributed by atoms with Crippen LogP contribution in [0.25, 0.3) is 0 Å². The topological polar surface area (TPSA) is 42.9 Å². The predicted octanol–water partition coefficient (Wildman–Crippen LogP) is 1.90. The maximum absolute atomic E-state index is 4.45. The van der Waals surface area contributed by atoms with Crippen molar-refractivity contribution < 1.29 is 0 Å². The Kier molecular flexibility index (Phi) is 6.78. The molecule has 0 aromatic rings. The van der Waals surface area contributed by atoms with E-state index in [9.17, 15) is 0 Å². The van der Waals surface area contributed by atoms with Crippen molar-refractivity contribution in [3.63, 3.8) is 0 Å². The first-order valence-electron chi connectivity index (χ1n) is 10.1. The Hall–Kier alpha value is -0.810. The van der Waals surface area contributed by atoms with Crippen LogP contribution in [-0.2, 0) is 0 Å². The lowest BCUT2D eigenvalue weighted by molar-refractivity contribution is 0.150. The molecule has 2 aliphatic heterocycles. The summed E-state index contributed by atoms with van der Waals surface area (Å²) in [5.74, 6) is 1.76. The SMILES string of the molecule is CN=C(NCC1CCCN(C)C1)NC1CCN(C2CCCC2)CC1. The molecule has 3 rings (SSSR count). The number of nitrogens with one attached hydrogen (secondary N) is 2. The summed E-state index contributed by atoms with van der Waals surface area (Å²) in [6.07, 6.45) is 10.9. The molecule has 0 amide bonds. The van der Waals surface area contributed by atoms with Gasteiger partial charge in [0.2, 0.25) is 0 Å². The van der Waals surface area contributed by atoms with Crippen molar-refractivity contribution in [2.24, 2.45) is 10.9 Å². The maximum Gasteiger partial charge on any atom is 0.191 e. The van der Waals surface area contributed by atoms with Gasteiger partial charge in [0.25, 0.3) is 0 Å². The molecule has 24 heavy (non-hydrogen) atoms. The Morgan fingerprint density at radius 3 is 2.42 bits per heavy atom. The molecule has 2 heterocycles. The van der Waals surface area contributed by atoms with E-state index >= 15 is 0 Å². The lowest BCUT2D eigenvalue weighted by Gasteiger charge is -2.37. The minimum Gasteiger partial charge on any atom is -0.356 e. The van der Waals surface area contributed by atoms with E-state index in [1.807, 2.05) is 7.05 Å². The van der Waals surface area contributed by atoms with Gasteiger partial charge in [-0.15, -0.1) is 0 Å². The quantitative estimate of drug-likeness (QED) is 0.608. The van der Waals surface area contributed by atoms with Crippen LogP contribution in [0.2, 0.25) is 0 Å².